The number of nitrogens with one attached hydrogen (secondary N) is 1. The summed E-state index contributed by atoms with van der Waals surface area (Å²) in [6.45, 7) is 2.81. The minimum absolute atomic E-state index is 0.225. The number of halogens is 1. The van der Waals surface area contributed by atoms with Crippen molar-refractivity contribution in [3.8, 4) is 11.5 Å². The predicted molar refractivity (Wildman–Crippen MR) is 88.3 cm³/mol. The first-order valence-corrected chi connectivity index (χ1v) is 7.80. The first-order chi connectivity index (χ1) is 10.2. The maximum atomic E-state index is 5.73. The number of ether oxygens (including phenoxy) is 2. The molecule has 3 rings (SSSR count). The molecule has 3 nitrogen and oxygen atoms in total. The Morgan fingerprint density at radius 3 is 2.86 bits per heavy atom. The van der Waals surface area contributed by atoms with E-state index in [2.05, 4.69) is 46.4 Å². The normalized spacial score (nSPS) is 16.8. The van der Waals surface area contributed by atoms with Gasteiger partial charge < -0.3 is 14.8 Å². The smallest absolute Gasteiger partial charge is 0.124 e. The third-order valence-corrected chi connectivity index (χ3v) is 4.37. The average molecular weight is 348 g/mol. The Morgan fingerprint density at radius 1 is 1.24 bits per heavy atom. The van der Waals surface area contributed by atoms with E-state index in [0.29, 0.717) is 0 Å². The average Bonchev–Trinajstić information content (AvgIpc) is 2.50. The highest BCUT2D eigenvalue weighted by atomic mass is 79.9. The van der Waals surface area contributed by atoms with Gasteiger partial charge in [0.2, 0.25) is 0 Å². The lowest BCUT2D eigenvalue weighted by Crippen LogP contribution is -2.20. The molecule has 0 radical (unpaired) electrons. The highest BCUT2D eigenvalue weighted by Gasteiger charge is 2.22. The van der Waals surface area contributed by atoms with Crippen molar-refractivity contribution in [1.82, 2.24) is 0 Å². The molecule has 0 saturated heterocycles. The maximum Gasteiger partial charge on any atom is 0.124 e. The highest BCUT2D eigenvalue weighted by Crippen LogP contribution is 2.38. The predicted octanol–water partition coefficient (Wildman–Crippen LogP) is 4.70. The van der Waals surface area contributed by atoms with Crippen LogP contribution in [-0.4, -0.2) is 13.7 Å². The fourth-order valence-electron chi connectivity index (χ4n) is 2.57. The summed E-state index contributed by atoms with van der Waals surface area (Å²) in [6.07, 6.45) is 0.931. The van der Waals surface area contributed by atoms with E-state index in [0.717, 1.165) is 40.3 Å². The lowest BCUT2D eigenvalue weighted by molar-refractivity contribution is 0.273. The van der Waals surface area contributed by atoms with Gasteiger partial charge in [0, 0.05) is 22.1 Å². The molecule has 4 heteroatoms. The van der Waals surface area contributed by atoms with E-state index in [-0.39, 0.29) is 6.04 Å². The fourth-order valence-corrected chi connectivity index (χ4v) is 3.18. The number of anilines is 1. The van der Waals surface area contributed by atoms with E-state index in [4.69, 9.17) is 9.47 Å². The van der Waals surface area contributed by atoms with Gasteiger partial charge in [-0.15, -0.1) is 0 Å². The summed E-state index contributed by atoms with van der Waals surface area (Å²) >= 11 is 3.62. The Kier molecular flexibility index (Phi) is 4.06. The van der Waals surface area contributed by atoms with Crippen LogP contribution >= 0.6 is 15.9 Å². The molecule has 110 valence electrons. The van der Waals surface area contributed by atoms with Crippen LogP contribution < -0.4 is 14.8 Å². The summed E-state index contributed by atoms with van der Waals surface area (Å²) in [5.41, 5.74) is 3.48. The van der Waals surface area contributed by atoms with Crippen LogP contribution in [0.2, 0.25) is 0 Å². The summed E-state index contributed by atoms with van der Waals surface area (Å²) in [5, 5.41) is 3.60. The van der Waals surface area contributed by atoms with Crippen molar-refractivity contribution in [2.75, 3.05) is 19.0 Å². The van der Waals surface area contributed by atoms with E-state index < -0.39 is 0 Å². The number of hydrogen-bond donors (Lipinski definition) is 1. The van der Waals surface area contributed by atoms with E-state index in [9.17, 15) is 0 Å². The van der Waals surface area contributed by atoms with Gasteiger partial charge >= 0.3 is 0 Å². The number of fused-ring (bicyclic) bond motifs is 1. The molecule has 0 bridgehead atoms. The minimum Gasteiger partial charge on any atom is -0.497 e. The zero-order valence-electron chi connectivity index (χ0n) is 12.2. The van der Waals surface area contributed by atoms with Crippen molar-refractivity contribution in [1.29, 1.82) is 0 Å². The Hall–Kier alpha value is -1.68. The molecule has 1 N–H and O–H groups in total. The van der Waals surface area contributed by atoms with E-state index in [1.54, 1.807) is 7.11 Å². The Morgan fingerprint density at radius 2 is 2.10 bits per heavy atom. The summed E-state index contributed by atoms with van der Waals surface area (Å²) in [5.74, 6) is 1.79. The molecular weight excluding hydrogens is 330 g/mol. The number of methoxy groups -OCH3 is 1. The second kappa shape index (κ2) is 5.98. The van der Waals surface area contributed by atoms with Crippen LogP contribution in [0.3, 0.4) is 0 Å². The summed E-state index contributed by atoms with van der Waals surface area (Å²) < 4.78 is 12.1. The van der Waals surface area contributed by atoms with Crippen LogP contribution in [0.1, 0.15) is 23.6 Å². The van der Waals surface area contributed by atoms with Gasteiger partial charge in [0.1, 0.15) is 11.5 Å². The molecule has 1 atom stereocenters. The molecule has 1 aliphatic heterocycles. The van der Waals surface area contributed by atoms with Crippen molar-refractivity contribution in [3.63, 3.8) is 0 Å². The summed E-state index contributed by atoms with van der Waals surface area (Å²) in [6, 6.07) is 12.5. The molecule has 2 aromatic rings. The zero-order valence-corrected chi connectivity index (χ0v) is 13.7. The van der Waals surface area contributed by atoms with Gasteiger partial charge in [0.25, 0.3) is 0 Å². The van der Waals surface area contributed by atoms with Crippen LogP contribution in [0.5, 0.6) is 11.5 Å². The largest absolute Gasteiger partial charge is 0.497 e. The van der Waals surface area contributed by atoms with E-state index in [1.165, 1.54) is 5.56 Å². The molecule has 21 heavy (non-hydrogen) atoms. The van der Waals surface area contributed by atoms with Crippen molar-refractivity contribution in [2.24, 2.45) is 0 Å². The Labute approximate surface area is 133 Å². The molecule has 0 spiro atoms. The summed E-state index contributed by atoms with van der Waals surface area (Å²) in [4.78, 5) is 0. The quantitative estimate of drug-likeness (QED) is 0.872. The maximum absolute atomic E-state index is 5.73. The zero-order chi connectivity index (χ0) is 14.8. The monoisotopic (exact) mass is 347 g/mol. The first kappa shape index (κ1) is 14.3. The molecule has 0 amide bonds. The fraction of sp³-hybridized carbons (Fsp3) is 0.294. The highest BCUT2D eigenvalue weighted by molar-refractivity contribution is 9.10. The molecule has 0 aromatic heterocycles. The van der Waals surface area contributed by atoms with Crippen LogP contribution in [0.15, 0.2) is 40.9 Å². The molecule has 2 aromatic carbocycles. The van der Waals surface area contributed by atoms with Gasteiger partial charge in [0.05, 0.1) is 19.8 Å². The minimum atomic E-state index is 0.225. The van der Waals surface area contributed by atoms with Crippen molar-refractivity contribution in [2.45, 2.75) is 19.4 Å². The van der Waals surface area contributed by atoms with E-state index >= 15 is 0 Å². The standard InChI is InChI=1S/C17H18BrNO2/c1-11-3-5-16(14(18)9-11)19-15-7-8-21-17-6-4-12(20-2)10-13(15)17/h3-6,9-10,15,19H,7-8H2,1-2H3. The third-order valence-electron chi connectivity index (χ3n) is 3.71. The van der Waals surface area contributed by atoms with Gasteiger partial charge in [-0.05, 0) is 58.7 Å². The topological polar surface area (TPSA) is 30.5 Å². The Balaban J connectivity index is 1.90. The summed E-state index contributed by atoms with van der Waals surface area (Å²) in [7, 11) is 1.68. The third kappa shape index (κ3) is 3.00. The molecule has 0 fully saturated rings. The molecular formula is C17H18BrNO2. The van der Waals surface area contributed by atoms with Crippen LogP contribution in [-0.2, 0) is 0 Å². The molecule has 0 saturated carbocycles. The van der Waals surface area contributed by atoms with Gasteiger partial charge in [-0.2, -0.15) is 0 Å². The lowest BCUT2D eigenvalue weighted by atomic mass is 9.99. The van der Waals surface area contributed by atoms with Gasteiger partial charge in [-0.25, -0.2) is 0 Å². The van der Waals surface area contributed by atoms with Gasteiger partial charge in [-0.3, -0.25) is 0 Å². The number of rotatable bonds is 3. The Bertz CT molecular complexity index is 657. The van der Waals surface area contributed by atoms with Crippen molar-refractivity contribution >= 4 is 21.6 Å². The second-order valence-electron chi connectivity index (χ2n) is 5.22. The first-order valence-electron chi connectivity index (χ1n) is 7.01. The SMILES string of the molecule is COc1ccc2c(c1)C(Nc1ccc(C)cc1Br)CCO2. The number of benzene rings is 2. The van der Waals surface area contributed by atoms with Crippen LogP contribution in [0.25, 0.3) is 0 Å². The lowest BCUT2D eigenvalue weighted by Gasteiger charge is -2.28. The van der Waals surface area contributed by atoms with Crippen molar-refractivity contribution < 1.29 is 9.47 Å². The van der Waals surface area contributed by atoms with Crippen LogP contribution in [0.4, 0.5) is 5.69 Å². The molecule has 1 aliphatic rings. The number of hydrogen-bond acceptors (Lipinski definition) is 3. The molecule has 0 aliphatic carbocycles. The second-order valence-corrected chi connectivity index (χ2v) is 6.08. The molecule has 1 heterocycles. The van der Waals surface area contributed by atoms with Crippen molar-refractivity contribution in [3.05, 3.63) is 52.0 Å². The molecule has 1 unspecified atom stereocenters. The van der Waals surface area contributed by atoms with Gasteiger partial charge in [-0.1, -0.05) is 6.07 Å². The van der Waals surface area contributed by atoms with Crippen LogP contribution in [0, 0.1) is 6.92 Å². The van der Waals surface area contributed by atoms with Gasteiger partial charge in [0.15, 0.2) is 0 Å². The number of aryl methyl sites for hydroxylation is 1. The van der Waals surface area contributed by atoms with E-state index in [1.807, 2.05) is 18.2 Å².